The van der Waals surface area contributed by atoms with Gasteiger partial charge in [0.1, 0.15) is 11.8 Å². The van der Waals surface area contributed by atoms with E-state index in [1.807, 2.05) is 0 Å². The Kier molecular flexibility index (Phi) is 1.81. The van der Waals surface area contributed by atoms with E-state index in [-0.39, 0.29) is 5.39 Å². The molecule has 0 amide bonds. The third-order valence-electron chi connectivity index (χ3n) is 1.69. The Bertz CT molecular complexity index is 513. The number of rotatable bonds is 0. The summed E-state index contributed by atoms with van der Waals surface area (Å²) in [6, 6.07) is 4.48. The molecular formula is C9H4ClFO2. The van der Waals surface area contributed by atoms with Gasteiger partial charge in [0.05, 0.1) is 5.39 Å². The highest BCUT2D eigenvalue weighted by Crippen LogP contribution is 2.16. The smallest absolute Gasteiger partial charge is 0.228 e. The molecule has 2 aromatic rings. The third kappa shape index (κ3) is 1.31. The first kappa shape index (κ1) is 8.26. The Balaban J connectivity index is 2.97. The lowest BCUT2D eigenvalue weighted by Crippen LogP contribution is -2.05. The number of hydrogen-bond donors (Lipinski definition) is 0. The molecule has 0 unspecified atom stereocenters. The second-order valence-corrected chi connectivity index (χ2v) is 2.99. The zero-order valence-corrected chi connectivity index (χ0v) is 7.14. The minimum atomic E-state index is -0.908. The van der Waals surface area contributed by atoms with Crippen LogP contribution in [-0.2, 0) is 0 Å². The second kappa shape index (κ2) is 2.85. The molecule has 2 nitrogen and oxygen atoms in total. The molecule has 0 aliphatic carbocycles. The van der Waals surface area contributed by atoms with Crippen molar-refractivity contribution in [3.05, 3.63) is 45.5 Å². The van der Waals surface area contributed by atoms with E-state index < -0.39 is 11.2 Å². The number of hydrogen-bond acceptors (Lipinski definition) is 2. The summed E-state index contributed by atoms with van der Waals surface area (Å²) in [6.45, 7) is 0. The Morgan fingerprint density at radius 3 is 2.92 bits per heavy atom. The van der Waals surface area contributed by atoms with Gasteiger partial charge >= 0.3 is 0 Å². The van der Waals surface area contributed by atoms with E-state index in [0.29, 0.717) is 10.6 Å². The maximum absolute atomic E-state index is 12.7. The highest BCUT2D eigenvalue weighted by molar-refractivity contribution is 6.31. The summed E-state index contributed by atoms with van der Waals surface area (Å²) >= 11 is 5.64. The summed E-state index contributed by atoms with van der Waals surface area (Å²) in [5, 5.41) is 0.540. The highest BCUT2D eigenvalue weighted by Gasteiger charge is 2.05. The fourth-order valence-corrected chi connectivity index (χ4v) is 1.25. The van der Waals surface area contributed by atoms with Gasteiger partial charge in [-0.15, -0.1) is 0 Å². The van der Waals surface area contributed by atoms with E-state index in [0.717, 1.165) is 6.26 Å². The van der Waals surface area contributed by atoms with Crippen LogP contribution in [0.15, 0.2) is 33.7 Å². The predicted octanol–water partition coefficient (Wildman–Crippen LogP) is 2.59. The summed E-state index contributed by atoms with van der Waals surface area (Å²) < 4.78 is 17.6. The molecule has 13 heavy (non-hydrogen) atoms. The molecule has 0 saturated carbocycles. The lowest BCUT2D eigenvalue weighted by molar-refractivity contribution is 0.520. The van der Waals surface area contributed by atoms with Crippen LogP contribution in [-0.4, -0.2) is 0 Å². The van der Waals surface area contributed by atoms with Gasteiger partial charge in [0.25, 0.3) is 0 Å². The van der Waals surface area contributed by atoms with Crippen molar-refractivity contribution in [3.8, 4) is 0 Å². The van der Waals surface area contributed by atoms with Crippen molar-refractivity contribution in [2.75, 3.05) is 0 Å². The molecule has 0 N–H and O–H groups in total. The molecule has 4 heteroatoms. The first-order chi connectivity index (χ1) is 6.18. The van der Waals surface area contributed by atoms with Gasteiger partial charge in [-0.1, -0.05) is 11.6 Å². The SMILES string of the molecule is O=c1c(F)coc2ccc(Cl)cc12. The van der Waals surface area contributed by atoms with Crippen LogP contribution in [0, 0.1) is 5.82 Å². The first-order valence-corrected chi connectivity index (χ1v) is 3.93. The average Bonchev–Trinajstić information content (AvgIpc) is 2.12. The van der Waals surface area contributed by atoms with Gasteiger partial charge in [0.2, 0.25) is 11.2 Å². The lowest BCUT2D eigenvalue weighted by atomic mass is 10.2. The molecular weight excluding hydrogens is 195 g/mol. The van der Waals surface area contributed by atoms with Gasteiger partial charge < -0.3 is 4.42 Å². The Morgan fingerprint density at radius 2 is 2.15 bits per heavy atom. The minimum absolute atomic E-state index is 0.160. The topological polar surface area (TPSA) is 30.2 Å². The summed E-state index contributed by atoms with van der Waals surface area (Å²) in [7, 11) is 0. The van der Waals surface area contributed by atoms with E-state index in [2.05, 4.69) is 0 Å². The lowest BCUT2D eigenvalue weighted by Gasteiger charge is -1.95. The van der Waals surface area contributed by atoms with Crippen molar-refractivity contribution in [2.45, 2.75) is 0 Å². The standard InChI is InChI=1S/C9H4ClFO2/c10-5-1-2-8-6(3-5)9(12)7(11)4-13-8/h1-4H. The van der Waals surface area contributed by atoms with E-state index in [4.69, 9.17) is 16.0 Å². The molecule has 0 radical (unpaired) electrons. The van der Waals surface area contributed by atoms with Crippen molar-refractivity contribution in [3.63, 3.8) is 0 Å². The van der Waals surface area contributed by atoms with Crippen LogP contribution >= 0.6 is 11.6 Å². The number of halogens is 2. The number of fused-ring (bicyclic) bond motifs is 1. The first-order valence-electron chi connectivity index (χ1n) is 3.55. The Hall–Kier alpha value is -1.35. The summed E-state index contributed by atoms with van der Waals surface area (Å²) in [6.07, 6.45) is 0.790. The predicted molar refractivity (Wildman–Crippen MR) is 47.5 cm³/mol. The molecule has 0 fully saturated rings. The summed E-state index contributed by atoms with van der Waals surface area (Å²) in [4.78, 5) is 11.2. The van der Waals surface area contributed by atoms with Gasteiger partial charge in [-0.05, 0) is 18.2 Å². The summed E-state index contributed by atoms with van der Waals surface area (Å²) in [5.74, 6) is -0.908. The molecule has 0 spiro atoms. The minimum Gasteiger partial charge on any atom is -0.461 e. The van der Waals surface area contributed by atoms with E-state index in [1.165, 1.54) is 12.1 Å². The fourth-order valence-electron chi connectivity index (χ4n) is 1.08. The average molecular weight is 199 g/mol. The fraction of sp³-hybridized carbons (Fsp3) is 0. The molecule has 1 aromatic carbocycles. The molecule has 1 aromatic heterocycles. The molecule has 1 heterocycles. The number of benzene rings is 1. The second-order valence-electron chi connectivity index (χ2n) is 2.55. The maximum atomic E-state index is 12.7. The van der Waals surface area contributed by atoms with E-state index in [1.54, 1.807) is 6.07 Å². The molecule has 2 rings (SSSR count). The molecule has 66 valence electrons. The zero-order chi connectivity index (χ0) is 9.42. The van der Waals surface area contributed by atoms with Gasteiger partial charge in [0, 0.05) is 5.02 Å². The highest BCUT2D eigenvalue weighted by atomic mass is 35.5. The molecule has 0 aliphatic rings. The zero-order valence-electron chi connectivity index (χ0n) is 6.38. The largest absolute Gasteiger partial charge is 0.461 e. The van der Waals surface area contributed by atoms with Crippen LogP contribution in [0.3, 0.4) is 0 Å². The van der Waals surface area contributed by atoms with E-state index >= 15 is 0 Å². The van der Waals surface area contributed by atoms with Crippen molar-refractivity contribution in [1.29, 1.82) is 0 Å². The Morgan fingerprint density at radius 1 is 1.38 bits per heavy atom. The maximum Gasteiger partial charge on any atom is 0.228 e. The van der Waals surface area contributed by atoms with Crippen molar-refractivity contribution >= 4 is 22.6 Å². The molecule has 0 aliphatic heterocycles. The Labute approximate surface area is 77.5 Å². The molecule has 0 saturated heterocycles. The molecule has 0 atom stereocenters. The van der Waals surface area contributed by atoms with Gasteiger partial charge in [-0.25, -0.2) is 0 Å². The van der Waals surface area contributed by atoms with Gasteiger partial charge in [0.15, 0.2) is 0 Å². The normalized spacial score (nSPS) is 10.6. The quantitative estimate of drug-likeness (QED) is 0.651. The van der Waals surface area contributed by atoms with Crippen LogP contribution in [0.5, 0.6) is 0 Å². The summed E-state index contributed by atoms with van der Waals surface area (Å²) in [5.41, 5.74) is -0.362. The van der Waals surface area contributed by atoms with Crippen LogP contribution in [0.25, 0.3) is 11.0 Å². The van der Waals surface area contributed by atoms with Crippen molar-refractivity contribution in [2.24, 2.45) is 0 Å². The van der Waals surface area contributed by atoms with E-state index in [9.17, 15) is 9.18 Å². The van der Waals surface area contributed by atoms with Crippen molar-refractivity contribution in [1.82, 2.24) is 0 Å². The van der Waals surface area contributed by atoms with Gasteiger partial charge in [-0.3, -0.25) is 4.79 Å². The van der Waals surface area contributed by atoms with Crippen LogP contribution in [0.4, 0.5) is 4.39 Å². The molecule has 0 bridgehead atoms. The monoisotopic (exact) mass is 198 g/mol. The van der Waals surface area contributed by atoms with Crippen LogP contribution in [0.1, 0.15) is 0 Å². The van der Waals surface area contributed by atoms with Crippen molar-refractivity contribution < 1.29 is 8.81 Å². The van der Waals surface area contributed by atoms with Crippen LogP contribution < -0.4 is 5.43 Å². The third-order valence-corrected chi connectivity index (χ3v) is 1.93. The van der Waals surface area contributed by atoms with Crippen LogP contribution in [0.2, 0.25) is 5.02 Å². The van der Waals surface area contributed by atoms with Gasteiger partial charge in [-0.2, -0.15) is 4.39 Å².